The summed E-state index contributed by atoms with van der Waals surface area (Å²) in [7, 11) is 4.93. The number of anilines is 1. The Labute approximate surface area is 169 Å². The minimum absolute atomic E-state index is 0.251. The maximum absolute atomic E-state index is 5.49. The molecule has 1 saturated heterocycles. The fraction of sp³-hybridized carbons (Fsp3) is 0.381. The van der Waals surface area contributed by atoms with Crippen LogP contribution in [-0.2, 0) is 4.74 Å². The molecule has 29 heavy (non-hydrogen) atoms. The Morgan fingerprint density at radius 1 is 1.10 bits per heavy atom. The van der Waals surface area contributed by atoms with Crippen molar-refractivity contribution in [3.8, 4) is 34.3 Å². The second-order valence-electron chi connectivity index (χ2n) is 6.82. The lowest BCUT2D eigenvalue weighted by molar-refractivity contribution is 0.0891. The summed E-state index contributed by atoms with van der Waals surface area (Å²) in [6, 6.07) is 9.46. The van der Waals surface area contributed by atoms with Crippen molar-refractivity contribution in [1.29, 1.82) is 0 Å². The number of hydrogen-bond acceptors (Lipinski definition) is 8. The van der Waals surface area contributed by atoms with E-state index >= 15 is 0 Å². The number of hydrogen-bond donors (Lipinski definition) is 0. The third-order valence-corrected chi connectivity index (χ3v) is 5.10. The van der Waals surface area contributed by atoms with Gasteiger partial charge < -0.3 is 23.6 Å². The van der Waals surface area contributed by atoms with Gasteiger partial charge in [0.1, 0.15) is 5.82 Å². The van der Waals surface area contributed by atoms with Crippen molar-refractivity contribution >= 4 is 5.82 Å². The number of piperidine rings is 1. The molecular formula is C21H24N4O4. The molecular weight excluding hydrogens is 372 g/mol. The van der Waals surface area contributed by atoms with Gasteiger partial charge in [0.15, 0.2) is 11.5 Å². The lowest BCUT2D eigenvalue weighted by Crippen LogP contribution is -2.39. The third kappa shape index (κ3) is 3.88. The van der Waals surface area contributed by atoms with Crippen LogP contribution >= 0.6 is 0 Å². The van der Waals surface area contributed by atoms with Gasteiger partial charge in [-0.25, -0.2) is 4.98 Å². The van der Waals surface area contributed by atoms with Gasteiger partial charge in [-0.2, -0.15) is 4.98 Å². The molecule has 8 heteroatoms. The molecule has 152 valence electrons. The first-order chi connectivity index (χ1) is 14.2. The Bertz CT molecular complexity index is 958. The molecule has 2 aromatic heterocycles. The minimum atomic E-state index is 0.251. The molecule has 1 unspecified atom stereocenters. The Morgan fingerprint density at radius 2 is 2.00 bits per heavy atom. The number of nitrogens with zero attached hydrogens (tertiary/aromatic N) is 4. The summed E-state index contributed by atoms with van der Waals surface area (Å²) in [6.45, 7) is 1.83. The highest BCUT2D eigenvalue weighted by molar-refractivity contribution is 5.69. The van der Waals surface area contributed by atoms with Crippen LogP contribution in [0.2, 0.25) is 0 Å². The van der Waals surface area contributed by atoms with Crippen LogP contribution in [0.3, 0.4) is 0 Å². The van der Waals surface area contributed by atoms with Crippen LogP contribution in [0.25, 0.3) is 22.8 Å². The first kappa shape index (κ1) is 19.2. The average Bonchev–Trinajstić information content (AvgIpc) is 3.28. The Balaban J connectivity index is 1.56. The molecule has 1 atom stereocenters. The molecule has 1 aromatic carbocycles. The largest absolute Gasteiger partial charge is 0.493 e. The molecule has 3 aromatic rings. The fourth-order valence-corrected chi connectivity index (χ4v) is 3.55. The third-order valence-electron chi connectivity index (χ3n) is 5.10. The molecule has 0 saturated carbocycles. The van der Waals surface area contributed by atoms with E-state index in [2.05, 4.69) is 20.0 Å². The fourth-order valence-electron chi connectivity index (χ4n) is 3.55. The molecule has 0 N–H and O–H groups in total. The van der Waals surface area contributed by atoms with Crippen LogP contribution in [0.1, 0.15) is 12.8 Å². The standard InChI is InChI=1S/C21H24N4O4/c1-26-15-6-5-11-25(13-15)18-10-9-14(12-22-18)21-23-20(24-29-21)16-7-4-8-17(27-2)19(16)28-3/h4,7-10,12,15H,5-6,11,13H2,1-3H3. The van der Waals surface area contributed by atoms with Crippen molar-refractivity contribution in [2.45, 2.75) is 18.9 Å². The van der Waals surface area contributed by atoms with Gasteiger partial charge in [0.2, 0.25) is 5.82 Å². The first-order valence-corrected chi connectivity index (χ1v) is 9.52. The van der Waals surface area contributed by atoms with E-state index in [1.165, 1.54) is 0 Å². The minimum Gasteiger partial charge on any atom is -0.493 e. The van der Waals surface area contributed by atoms with Crippen LogP contribution < -0.4 is 14.4 Å². The lowest BCUT2D eigenvalue weighted by Gasteiger charge is -2.32. The van der Waals surface area contributed by atoms with Crippen molar-refractivity contribution in [3.05, 3.63) is 36.5 Å². The maximum atomic E-state index is 5.49. The van der Waals surface area contributed by atoms with Gasteiger partial charge in [-0.3, -0.25) is 0 Å². The summed E-state index contributed by atoms with van der Waals surface area (Å²) in [5.41, 5.74) is 1.46. The second kappa shape index (κ2) is 8.48. The quantitative estimate of drug-likeness (QED) is 0.627. The van der Waals surface area contributed by atoms with Crippen LogP contribution in [-0.4, -0.2) is 55.6 Å². The smallest absolute Gasteiger partial charge is 0.259 e. The zero-order chi connectivity index (χ0) is 20.2. The topological polar surface area (TPSA) is 82.7 Å². The molecule has 1 fully saturated rings. The maximum Gasteiger partial charge on any atom is 0.259 e. The number of ether oxygens (including phenoxy) is 3. The first-order valence-electron chi connectivity index (χ1n) is 9.52. The Morgan fingerprint density at radius 3 is 2.72 bits per heavy atom. The number of benzene rings is 1. The zero-order valence-electron chi connectivity index (χ0n) is 16.8. The number of pyridine rings is 1. The van der Waals surface area contributed by atoms with E-state index in [-0.39, 0.29) is 6.10 Å². The van der Waals surface area contributed by atoms with E-state index in [1.54, 1.807) is 27.5 Å². The highest BCUT2D eigenvalue weighted by Gasteiger charge is 2.21. The average molecular weight is 396 g/mol. The predicted molar refractivity (Wildman–Crippen MR) is 108 cm³/mol. The lowest BCUT2D eigenvalue weighted by atomic mass is 10.1. The highest BCUT2D eigenvalue weighted by Crippen LogP contribution is 2.37. The summed E-state index contributed by atoms with van der Waals surface area (Å²) < 4.78 is 21.8. The van der Waals surface area contributed by atoms with E-state index in [4.69, 9.17) is 18.7 Å². The van der Waals surface area contributed by atoms with E-state index < -0.39 is 0 Å². The summed E-state index contributed by atoms with van der Waals surface area (Å²) in [4.78, 5) is 11.3. The van der Waals surface area contributed by atoms with E-state index in [1.807, 2.05) is 30.3 Å². The Hall–Kier alpha value is -3.13. The van der Waals surface area contributed by atoms with Gasteiger partial charge in [0.25, 0.3) is 5.89 Å². The molecule has 1 aliphatic rings. The van der Waals surface area contributed by atoms with Crippen molar-refractivity contribution in [2.24, 2.45) is 0 Å². The SMILES string of the molecule is COc1cccc(-c2noc(-c3ccc(N4CCCC(OC)C4)nc3)n2)c1OC. The van der Waals surface area contributed by atoms with Crippen molar-refractivity contribution in [2.75, 3.05) is 39.3 Å². The summed E-state index contributed by atoms with van der Waals surface area (Å²) in [5, 5.41) is 4.10. The number of methoxy groups -OCH3 is 3. The van der Waals surface area contributed by atoms with Gasteiger partial charge in [-0.15, -0.1) is 0 Å². The highest BCUT2D eigenvalue weighted by atomic mass is 16.5. The van der Waals surface area contributed by atoms with E-state index in [9.17, 15) is 0 Å². The van der Waals surface area contributed by atoms with Crippen molar-refractivity contribution < 1.29 is 18.7 Å². The van der Waals surface area contributed by atoms with Gasteiger partial charge in [-0.1, -0.05) is 11.2 Å². The van der Waals surface area contributed by atoms with Crippen LogP contribution in [0.15, 0.2) is 41.1 Å². The van der Waals surface area contributed by atoms with Gasteiger partial charge >= 0.3 is 0 Å². The van der Waals surface area contributed by atoms with Crippen molar-refractivity contribution in [3.63, 3.8) is 0 Å². The summed E-state index contributed by atoms with van der Waals surface area (Å²) in [6.07, 6.45) is 4.19. The normalized spacial score (nSPS) is 16.7. The molecule has 0 aliphatic carbocycles. The molecule has 1 aliphatic heterocycles. The van der Waals surface area contributed by atoms with Gasteiger partial charge in [0, 0.05) is 26.4 Å². The van der Waals surface area contributed by atoms with Crippen LogP contribution in [0.5, 0.6) is 11.5 Å². The van der Waals surface area contributed by atoms with Crippen LogP contribution in [0.4, 0.5) is 5.82 Å². The van der Waals surface area contributed by atoms with E-state index in [0.717, 1.165) is 37.3 Å². The molecule has 0 amide bonds. The summed E-state index contributed by atoms with van der Waals surface area (Å²) in [5.74, 6) is 2.92. The Kier molecular flexibility index (Phi) is 5.62. The molecule has 0 radical (unpaired) electrons. The number of rotatable bonds is 6. The number of aromatic nitrogens is 3. The molecule has 3 heterocycles. The molecule has 4 rings (SSSR count). The monoisotopic (exact) mass is 396 g/mol. The second-order valence-corrected chi connectivity index (χ2v) is 6.82. The molecule has 0 bridgehead atoms. The molecule has 8 nitrogen and oxygen atoms in total. The molecule has 0 spiro atoms. The zero-order valence-corrected chi connectivity index (χ0v) is 16.8. The van der Waals surface area contributed by atoms with Crippen LogP contribution in [0, 0.1) is 0 Å². The van der Waals surface area contributed by atoms with E-state index in [0.29, 0.717) is 28.8 Å². The van der Waals surface area contributed by atoms with Crippen molar-refractivity contribution in [1.82, 2.24) is 15.1 Å². The van der Waals surface area contributed by atoms with Gasteiger partial charge in [0.05, 0.1) is 31.5 Å². The predicted octanol–water partition coefficient (Wildman–Crippen LogP) is 3.43. The van der Waals surface area contributed by atoms with Gasteiger partial charge in [-0.05, 0) is 37.1 Å². The summed E-state index contributed by atoms with van der Waals surface area (Å²) >= 11 is 0. The number of para-hydroxylation sites is 1.